The molecule has 0 radical (unpaired) electrons. The molecule has 0 fully saturated rings. The maximum absolute atomic E-state index is 13.0. The number of thiazole rings is 1. The number of aromatic nitrogens is 3. The van der Waals surface area contributed by atoms with Crippen molar-refractivity contribution < 1.29 is 4.79 Å². The highest BCUT2D eigenvalue weighted by Gasteiger charge is 2.15. The average molecular weight is 466 g/mol. The van der Waals surface area contributed by atoms with E-state index in [1.807, 2.05) is 53.9 Å². The first-order chi connectivity index (χ1) is 16.6. The van der Waals surface area contributed by atoms with Gasteiger partial charge in [0.2, 0.25) is 5.13 Å². The molecular weight excluding hydrogens is 446 g/mol. The van der Waals surface area contributed by atoms with Crippen molar-refractivity contribution in [3.05, 3.63) is 117 Å². The molecule has 2 heterocycles. The van der Waals surface area contributed by atoms with E-state index < -0.39 is 0 Å². The number of aromatic amines is 1. The number of carbonyl (C=O) groups excluding carboxylic acids is 1. The smallest absolute Gasteiger partial charge is 0.291 e. The molecule has 0 aliphatic heterocycles. The third-order valence-electron chi connectivity index (χ3n) is 5.22. The highest BCUT2D eigenvalue weighted by molar-refractivity contribution is 7.12. The summed E-state index contributed by atoms with van der Waals surface area (Å²) in [5.41, 5.74) is 3.97. The number of benzene rings is 3. The number of ketones is 1. The first kappa shape index (κ1) is 21.4. The summed E-state index contributed by atoms with van der Waals surface area (Å²) in [6.07, 6.45) is 0. The highest BCUT2D eigenvalue weighted by Crippen LogP contribution is 2.25. The normalized spacial score (nSPS) is 11.2. The van der Waals surface area contributed by atoms with Gasteiger partial charge in [-0.1, -0.05) is 60.7 Å². The SMILES string of the molecule is Cc1[nH]n(-c2nc(-c3ccccc3)cs2)c(=O)c1N=Nc1ccc(C(=O)c2ccccc2)cc1. The van der Waals surface area contributed by atoms with Crippen LogP contribution in [0.25, 0.3) is 16.4 Å². The van der Waals surface area contributed by atoms with E-state index >= 15 is 0 Å². The predicted molar refractivity (Wildman–Crippen MR) is 133 cm³/mol. The number of rotatable bonds is 6. The van der Waals surface area contributed by atoms with E-state index in [2.05, 4.69) is 20.3 Å². The number of hydrogen-bond acceptors (Lipinski definition) is 6. The zero-order valence-corrected chi connectivity index (χ0v) is 19.0. The lowest BCUT2D eigenvalue weighted by Gasteiger charge is -2.01. The average Bonchev–Trinajstić information content (AvgIpc) is 3.48. The van der Waals surface area contributed by atoms with Gasteiger partial charge in [-0.3, -0.25) is 14.7 Å². The molecule has 0 saturated carbocycles. The Morgan fingerprint density at radius 2 is 1.53 bits per heavy atom. The van der Waals surface area contributed by atoms with E-state index in [0.717, 1.165) is 11.3 Å². The van der Waals surface area contributed by atoms with Crippen molar-refractivity contribution in [2.75, 3.05) is 0 Å². The number of aryl methyl sites for hydroxylation is 1. The molecule has 0 atom stereocenters. The van der Waals surface area contributed by atoms with Gasteiger partial charge in [-0.05, 0) is 31.2 Å². The summed E-state index contributed by atoms with van der Waals surface area (Å²) in [6.45, 7) is 1.76. The minimum Gasteiger partial charge on any atom is -0.291 e. The molecule has 0 unspecified atom stereocenters. The van der Waals surface area contributed by atoms with Gasteiger partial charge < -0.3 is 0 Å². The lowest BCUT2D eigenvalue weighted by atomic mass is 10.0. The second-order valence-electron chi connectivity index (χ2n) is 7.55. The Labute approximate surface area is 199 Å². The number of carbonyl (C=O) groups is 1. The van der Waals surface area contributed by atoms with Crippen LogP contribution >= 0.6 is 11.3 Å². The topological polar surface area (TPSA) is 92.5 Å². The van der Waals surface area contributed by atoms with E-state index in [1.165, 1.54) is 16.0 Å². The van der Waals surface area contributed by atoms with Gasteiger partial charge in [-0.15, -0.1) is 16.5 Å². The van der Waals surface area contributed by atoms with Gasteiger partial charge in [-0.25, -0.2) is 4.98 Å². The fraction of sp³-hybridized carbons (Fsp3) is 0.0385. The summed E-state index contributed by atoms with van der Waals surface area (Å²) in [5.74, 6) is -0.0632. The largest absolute Gasteiger partial charge is 0.301 e. The summed E-state index contributed by atoms with van der Waals surface area (Å²) >= 11 is 1.37. The fourth-order valence-electron chi connectivity index (χ4n) is 3.44. The minimum atomic E-state index is -0.328. The molecule has 7 nitrogen and oxygen atoms in total. The molecule has 5 rings (SSSR count). The summed E-state index contributed by atoms with van der Waals surface area (Å²) in [6, 6.07) is 25.7. The number of nitrogens with zero attached hydrogens (tertiary/aromatic N) is 4. The van der Waals surface area contributed by atoms with Crippen LogP contribution in [0.1, 0.15) is 21.6 Å². The molecule has 5 aromatic rings. The van der Waals surface area contributed by atoms with E-state index in [9.17, 15) is 9.59 Å². The van der Waals surface area contributed by atoms with Crippen LogP contribution in [-0.4, -0.2) is 20.5 Å². The Morgan fingerprint density at radius 3 is 2.24 bits per heavy atom. The number of nitrogens with one attached hydrogen (secondary N) is 1. The molecule has 8 heteroatoms. The molecule has 0 amide bonds. The Morgan fingerprint density at radius 1 is 0.882 bits per heavy atom. The van der Waals surface area contributed by atoms with Gasteiger partial charge >= 0.3 is 5.56 Å². The number of azo groups is 1. The zero-order chi connectivity index (χ0) is 23.5. The van der Waals surface area contributed by atoms with E-state index in [0.29, 0.717) is 27.6 Å². The fourth-order valence-corrected chi connectivity index (χ4v) is 4.23. The maximum atomic E-state index is 13.0. The second-order valence-corrected chi connectivity index (χ2v) is 8.39. The van der Waals surface area contributed by atoms with Crippen molar-refractivity contribution in [2.24, 2.45) is 10.2 Å². The van der Waals surface area contributed by atoms with Crippen molar-refractivity contribution in [2.45, 2.75) is 6.92 Å². The highest BCUT2D eigenvalue weighted by atomic mass is 32.1. The number of H-pyrrole nitrogens is 1. The van der Waals surface area contributed by atoms with Gasteiger partial charge in [0.15, 0.2) is 11.5 Å². The van der Waals surface area contributed by atoms with Crippen LogP contribution in [-0.2, 0) is 0 Å². The van der Waals surface area contributed by atoms with Gasteiger partial charge in [0.1, 0.15) is 0 Å². The quantitative estimate of drug-likeness (QED) is 0.237. The third kappa shape index (κ3) is 4.26. The lowest BCUT2D eigenvalue weighted by molar-refractivity contribution is 0.103. The van der Waals surface area contributed by atoms with Crippen molar-refractivity contribution in [1.29, 1.82) is 0 Å². The predicted octanol–water partition coefficient (Wildman–Crippen LogP) is 6.24. The Bertz CT molecular complexity index is 1530. The van der Waals surface area contributed by atoms with Crippen LogP contribution in [0.5, 0.6) is 0 Å². The molecule has 1 N–H and O–H groups in total. The molecule has 2 aromatic heterocycles. The second kappa shape index (κ2) is 9.21. The zero-order valence-electron chi connectivity index (χ0n) is 18.2. The van der Waals surface area contributed by atoms with E-state index in [1.54, 1.807) is 43.3 Å². The molecule has 0 bridgehead atoms. The van der Waals surface area contributed by atoms with E-state index in [4.69, 9.17) is 0 Å². The van der Waals surface area contributed by atoms with Crippen LogP contribution in [0, 0.1) is 6.92 Å². The van der Waals surface area contributed by atoms with Crippen molar-refractivity contribution in [1.82, 2.24) is 14.8 Å². The Kier molecular flexibility index (Phi) is 5.80. The summed E-state index contributed by atoms with van der Waals surface area (Å²) in [7, 11) is 0. The van der Waals surface area contributed by atoms with Crippen LogP contribution < -0.4 is 5.56 Å². The standard InChI is InChI=1S/C26H19N5O2S/c1-17-23(25(33)31(30-17)26-27-22(16-34-26)18-8-4-2-5-9-18)29-28-21-14-12-20(13-15-21)24(32)19-10-6-3-7-11-19/h2-16,30H,1H3. The summed E-state index contributed by atoms with van der Waals surface area (Å²) in [5, 5.41) is 13.8. The van der Waals surface area contributed by atoms with Crippen LogP contribution in [0.4, 0.5) is 11.4 Å². The summed E-state index contributed by atoms with van der Waals surface area (Å²) in [4.78, 5) is 30.1. The van der Waals surface area contributed by atoms with Crippen LogP contribution in [0.2, 0.25) is 0 Å². The monoisotopic (exact) mass is 465 g/mol. The van der Waals surface area contributed by atoms with Crippen LogP contribution in [0.3, 0.4) is 0 Å². The van der Waals surface area contributed by atoms with Gasteiger partial charge in [0.25, 0.3) is 0 Å². The lowest BCUT2D eigenvalue weighted by Crippen LogP contribution is -2.13. The number of hydrogen-bond donors (Lipinski definition) is 1. The minimum absolute atomic E-state index is 0.0632. The molecule has 166 valence electrons. The molecule has 0 aliphatic carbocycles. The molecule has 34 heavy (non-hydrogen) atoms. The molecule has 0 saturated heterocycles. The van der Waals surface area contributed by atoms with Gasteiger partial charge in [0, 0.05) is 22.1 Å². The Hall–Kier alpha value is -4.43. The molecule has 3 aromatic carbocycles. The Balaban J connectivity index is 1.37. The van der Waals surface area contributed by atoms with Crippen LogP contribution in [0.15, 0.2) is 105 Å². The molecular formula is C26H19N5O2S. The maximum Gasteiger partial charge on any atom is 0.301 e. The summed E-state index contributed by atoms with van der Waals surface area (Å²) < 4.78 is 1.38. The van der Waals surface area contributed by atoms with Gasteiger partial charge in [-0.2, -0.15) is 9.80 Å². The van der Waals surface area contributed by atoms with E-state index in [-0.39, 0.29) is 17.0 Å². The third-order valence-corrected chi connectivity index (χ3v) is 6.05. The first-order valence-corrected chi connectivity index (χ1v) is 11.4. The first-order valence-electron chi connectivity index (χ1n) is 10.5. The van der Waals surface area contributed by atoms with Crippen molar-refractivity contribution in [3.8, 4) is 16.4 Å². The van der Waals surface area contributed by atoms with Crippen molar-refractivity contribution >= 4 is 28.5 Å². The molecule has 0 spiro atoms. The molecule has 0 aliphatic rings. The van der Waals surface area contributed by atoms with Crippen molar-refractivity contribution in [3.63, 3.8) is 0 Å². The van der Waals surface area contributed by atoms with Gasteiger partial charge in [0.05, 0.1) is 17.1 Å².